The number of aromatic carboxylic acids is 1. The summed E-state index contributed by atoms with van der Waals surface area (Å²) < 4.78 is 26.0. The standard InChI is InChI=1S/C11H11NO5S3/c13-8(7-3-4-18-6-7)5-12-20(16,17)10-2-1-9(19-10)11(14)15/h1-4,6,8,12-13H,5H2,(H,14,15). The van der Waals surface area contributed by atoms with Crippen LogP contribution in [0.3, 0.4) is 0 Å². The molecule has 2 rings (SSSR count). The lowest BCUT2D eigenvalue weighted by Crippen LogP contribution is -2.27. The van der Waals surface area contributed by atoms with E-state index in [0.717, 1.165) is 0 Å². The van der Waals surface area contributed by atoms with Crippen LogP contribution in [-0.4, -0.2) is 31.1 Å². The van der Waals surface area contributed by atoms with Crippen LogP contribution in [0.15, 0.2) is 33.2 Å². The summed E-state index contributed by atoms with van der Waals surface area (Å²) in [6.45, 7) is -0.167. The van der Waals surface area contributed by atoms with Gasteiger partial charge in [-0.25, -0.2) is 17.9 Å². The van der Waals surface area contributed by atoms with Crippen molar-refractivity contribution in [3.8, 4) is 0 Å². The molecule has 20 heavy (non-hydrogen) atoms. The van der Waals surface area contributed by atoms with Gasteiger partial charge in [0.2, 0.25) is 10.0 Å². The maximum atomic E-state index is 11.9. The number of rotatable bonds is 6. The third-order valence-electron chi connectivity index (χ3n) is 2.45. The Morgan fingerprint density at radius 3 is 2.65 bits per heavy atom. The maximum Gasteiger partial charge on any atom is 0.345 e. The first-order valence-corrected chi connectivity index (χ1v) is 8.67. The van der Waals surface area contributed by atoms with Crippen molar-refractivity contribution in [1.82, 2.24) is 4.72 Å². The number of carboxylic acids is 1. The Balaban J connectivity index is 2.05. The van der Waals surface area contributed by atoms with Crippen molar-refractivity contribution in [1.29, 1.82) is 0 Å². The second-order valence-electron chi connectivity index (χ2n) is 3.85. The molecule has 0 amide bonds. The third-order valence-corrected chi connectivity index (χ3v) is 6.14. The highest BCUT2D eigenvalue weighted by Gasteiger charge is 2.20. The number of hydrogen-bond acceptors (Lipinski definition) is 6. The lowest BCUT2D eigenvalue weighted by Gasteiger charge is -2.10. The predicted octanol–water partition coefficient (Wildman–Crippen LogP) is 1.52. The van der Waals surface area contributed by atoms with Crippen LogP contribution in [0.25, 0.3) is 0 Å². The third kappa shape index (κ3) is 3.44. The molecular weight excluding hydrogens is 322 g/mol. The van der Waals surface area contributed by atoms with Gasteiger partial charge in [0.1, 0.15) is 9.09 Å². The van der Waals surface area contributed by atoms with Gasteiger partial charge >= 0.3 is 5.97 Å². The molecule has 0 aromatic carbocycles. The van der Waals surface area contributed by atoms with Gasteiger partial charge in [-0.2, -0.15) is 11.3 Å². The van der Waals surface area contributed by atoms with Crippen LogP contribution < -0.4 is 4.72 Å². The monoisotopic (exact) mass is 333 g/mol. The summed E-state index contributed by atoms with van der Waals surface area (Å²) in [5.41, 5.74) is 0.634. The summed E-state index contributed by atoms with van der Waals surface area (Å²) >= 11 is 2.07. The lowest BCUT2D eigenvalue weighted by molar-refractivity contribution is 0.0702. The fraction of sp³-hybridized carbons (Fsp3) is 0.182. The normalized spacial score (nSPS) is 13.2. The molecule has 0 aliphatic rings. The lowest BCUT2D eigenvalue weighted by atomic mass is 10.2. The van der Waals surface area contributed by atoms with E-state index in [4.69, 9.17) is 5.11 Å². The minimum atomic E-state index is -3.81. The van der Waals surface area contributed by atoms with Crippen LogP contribution in [0.4, 0.5) is 0 Å². The zero-order chi connectivity index (χ0) is 14.8. The van der Waals surface area contributed by atoms with E-state index in [2.05, 4.69) is 4.72 Å². The molecule has 1 atom stereocenters. The van der Waals surface area contributed by atoms with Crippen LogP contribution in [0, 0.1) is 0 Å². The second kappa shape index (κ2) is 6.02. The summed E-state index contributed by atoms with van der Waals surface area (Å²) in [4.78, 5) is 10.7. The van der Waals surface area contributed by atoms with Gasteiger partial charge in [-0.15, -0.1) is 11.3 Å². The minimum Gasteiger partial charge on any atom is -0.477 e. The summed E-state index contributed by atoms with van der Waals surface area (Å²) in [6.07, 6.45) is -0.935. The van der Waals surface area contributed by atoms with Gasteiger partial charge in [-0.3, -0.25) is 0 Å². The molecule has 3 N–H and O–H groups in total. The molecule has 0 bridgehead atoms. The van der Waals surface area contributed by atoms with Gasteiger partial charge in [0.15, 0.2) is 0 Å². The molecule has 0 fully saturated rings. The zero-order valence-electron chi connectivity index (χ0n) is 10.0. The van der Waals surface area contributed by atoms with E-state index in [-0.39, 0.29) is 15.6 Å². The largest absolute Gasteiger partial charge is 0.477 e. The first-order valence-electron chi connectivity index (χ1n) is 5.43. The van der Waals surface area contributed by atoms with Crippen molar-refractivity contribution in [3.05, 3.63) is 39.4 Å². The van der Waals surface area contributed by atoms with Crippen LogP contribution in [-0.2, 0) is 10.0 Å². The predicted molar refractivity (Wildman–Crippen MR) is 75.7 cm³/mol. The van der Waals surface area contributed by atoms with Crippen LogP contribution in [0.5, 0.6) is 0 Å². The second-order valence-corrected chi connectivity index (χ2v) is 7.71. The average molecular weight is 333 g/mol. The molecule has 6 nitrogen and oxygen atoms in total. The van der Waals surface area contributed by atoms with Gasteiger partial charge in [0, 0.05) is 6.54 Å². The molecule has 0 saturated carbocycles. The van der Waals surface area contributed by atoms with E-state index in [0.29, 0.717) is 16.9 Å². The van der Waals surface area contributed by atoms with Crippen molar-refractivity contribution in [2.75, 3.05) is 6.54 Å². The van der Waals surface area contributed by atoms with Gasteiger partial charge in [-0.1, -0.05) is 0 Å². The molecule has 108 valence electrons. The number of carbonyl (C=O) groups is 1. The highest BCUT2D eigenvalue weighted by Crippen LogP contribution is 2.22. The fourth-order valence-corrected chi connectivity index (χ4v) is 4.36. The summed E-state index contributed by atoms with van der Waals surface area (Å²) in [5.74, 6) is -1.17. The molecule has 2 aromatic heterocycles. The SMILES string of the molecule is O=C(O)c1ccc(S(=O)(=O)NCC(O)c2ccsc2)s1. The Kier molecular flexibility index (Phi) is 4.55. The molecule has 0 aliphatic heterocycles. The van der Waals surface area contributed by atoms with Crippen LogP contribution in [0.1, 0.15) is 21.3 Å². The number of aliphatic hydroxyl groups is 1. The van der Waals surface area contributed by atoms with Gasteiger partial charge in [-0.05, 0) is 34.5 Å². The summed E-state index contributed by atoms with van der Waals surface area (Å²) in [6, 6.07) is 4.17. The molecular formula is C11H11NO5S3. The first kappa shape index (κ1) is 15.1. The van der Waals surface area contributed by atoms with Crippen LogP contribution >= 0.6 is 22.7 Å². The topological polar surface area (TPSA) is 104 Å². The number of hydrogen-bond donors (Lipinski definition) is 3. The van der Waals surface area contributed by atoms with Crippen molar-refractivity contribution >= 4 is 38.7 Å². The van der Waals surface area contributed by atoms with Gasteiger partial charge in [0.25, 0.3) is 0 Å². The first-order chi connectivity index (χ1) is 9.40. The number of carboxylic acid groups (broad SMARTS) is 1. The highest BCUT2D eigenvalue weighted by molar-refractivity contribution is 7.91. The smallest absolute Gasteiger partial charge is 0.345 e. The van der Waals surface area contributed by atoms with Crippen molar-refractivity contribution in [2.45, 2.75) is 10.3 Å². The minimum absolute atomic E-state index is 0.0521. The van der Waals surface area contributed by atoms with Crippen LogP contribution in [0.2, 0.25) is 0 Å². The number of nitrogens with one attached hydrogen (secondary N) is 1. The Labute approximate surface area is 123 Å². The summed E-state index contributed by atoms with van der Waals surface area (Å²) in [7, 11) is -3.81. The van der Waals surface area contributed by atoms with E-state index >= 15 is 0 Å². The molecule has 0 spiro atoms. The molecule has 1 unspecified atom stereocenters. The van der Waals surface area contributed by atoms with E-state index in [1.165, 1.54) is 23.5 Å². The average Bonchev–Trinajstić information content (AvgIpc) is 3.06. The Hall–Kier alpha value is -1.26. The summed E-state index contributed by atoms with van der Waals surface area (Å²) in [5, 5.41) is 22.1. The molecule has 0 saturated heterocycles. The highest BCUT2D eigenvalue weighted by atomic mass is 32.2. The van der Waals surface area contributed by atoms with Crippen molar-refractivity contribution < 1.29 is 23.4 Å². The van der Waals surface area contributed by atoms with E-state index in [1.807, 2.05) is 0 Å². The van der Waals surface area contributed by atoms with Gasteiger partial charge < -0.3 is 10.2 Å². The molecule has 9 heteroatoms. The van der Waals surface area contributed by atoms with E-state index < -0.39 is 22.1 Å². The zero-order valence-corrected chi connectivity index (χ0v) is 12.5. The van der Waals surface area contributed by atoms with E-state index in [1.54, 1.807) is 16.8 Å². The molecule has 0 aliphatic carbocycles. The maximum absolute atomic E-state index is 11.9. The number of thiophene rings is 2. The van der Waals surface area contributed by atoms with Crippen molar-refractivity contribution in [3.63, 3.8) is 0 Å². The Morgan fingerprint density at radius 2 is 2.10 bits per heavy atom. The number of aliphatic hydroxyl groups excluding tert-OH is 1. The van der Waals surface area contributed by atoms with Crippen molar-refractivity contribution in [2.24, 2.45) is 0 Å². The fourth-order valence-electron chi connectivity index (χ4n) is 1.42. The molecule has 0 radical (unpaired) electrons. The Morgan fingerprint density at radius 1 is 1.35 bits per heavy atom. The number of sulfonamides is 1. The van der Waals surface area contributed by atoms with E-state index in [9.17, 15) is 18.3 Å². The quantitative estimate of drug-likeness (QED) is 0.743. The molecule has 2 heterocycles. The Bertz CT molecular complexity index is 689. The van der Waals surface area contributed by atoms with Gasteiger partial charge in [0.05, 0.1) is 6.10 Å². The molecule has 2 aromatic rings.